The van der Waals surface area contributed by atoms with Gasteiger partial charge < -0.3 is 4.74 Å². The van der Waals surface area contributed by atoms with Gasteiger partial charge in [0.1, 0.15) is 12.4 Å². The van der Waals surface area contributed by atoms with Gasteiger partial charge in [0.15, 0.2) is 5.17 Å². The number of carbonyl (C=O) groups is 1. The molecule has 0 aromatic heterocycles. The number of para-hydroxylation sites is 1. The number of aliphatic imine (C=N–C) groups is 1. The molecule has 0 radical (unpaired) electrons. The van der Waals surface area contributed by atoms with Crippen molar-refractivity contribution in [3.63, 3.8) is 0 Å². The van der Waals surface area contributed by atoms with Crippen LogP contribution in [0.5, 0.6) is 5.75 Å². The van der Waals surface area contributed by atoms with Gasteiger partial charge in [-0.2, -0.15) is 0 Å². The number of likely N-dealkylation sites (N-methyl/N-ethyl adjacent to an activating group) is 1. The molecule has 1 amide bonds. The lowest BCUT2D eigenvalue weighted by Crippen LogP contribution is -2.23. The third-order valence-corrected chi connectivity index (χ3v) is 6.51. The number of nitrogens with zero attached hydrogens (tertiary/aromatic N) is 2. The van der Waals surface area contributed by atoms with E-state index in [2.05, 4.69) is 4.99 Å². The maximum absolute atomic E-state index is 12.8. The van der Waals surface area contributed by atoms with Crippen LogP contribution in [-0.2, 0) is 11.4 Å². The van der Waals surface area contributed by atoms with E-state index >= 15 is 0 Å². The lowest BCUT2D eigenvalue weighted by atomic mass is 10.1. The number of benzene rings is 3. The quantitative estimate of drug-likeness (QED) is 0.363. The molecule has 0 atom stereocenters. The standard InChI is InChI=1S/C25H20Cl2N2O2S/c1-16-7-11-20(12-8-16)28-25-29(2)24(30)23(32-25)13-17-5-3-4-6-22(17)31-15-18-9-10-19(26)14-21(18)27/h3-14H,15H2,1-2H3/b23-13+,28-25?. The number of hydrogen-bond acceptors (Lipinski definition) is 4. The summed E-state index contributed by atoms with van der Waals surface area (Å²) in [5.41, 5.74) is 3.60. The molecule has 1 fully saturated rings. The molecule has 0 unspecified atom stereocenters. The van der Waals surface area contributed by atoms with E-state index in [1.54, 1.807) is 24.1 Å². The minimum atomic E-state index is -0.101. The van der Waals surface area contributed by atoms with E-state index < -0.39 is 0 Å². The molecule has 0 spiro atoms. The summed E-state index contributed by atoms with van der Waals surface area (Å²) in [5, 5.41) is 1.76. The zero-order valence-corrected chi connectivity index (χ0v) is 19.8. The maximum atomic E-state index is 12.8. The van der Waals surface area contributed by atoms with Crippen LogP contribution in [0.15, 0.2) is 76.6 Å². The van der Waals surface area contributed by atoms with Crippen LogP contribution in [0.4, 0.5) is 5.69 Å². The van der Waals surface area contributed by atoms with Crippen molar-refractivity contribution in [1.29, 1.82) is 0 Å². The van der Waals surface area contributed by atoms with Crippen molar-refractivity contribution in [1.82, 2.24) is 4.90 Å². The van der Waals surface area contributed by atoms with Crippen molar-refractivity contribution in [2.45, 2.75) is 13.5 Å². The van der Waals surface area contributed by atoms with E-state index in [0.717, 1.165) is 22.4 Å². The van der Waals surface area contributed by atoms with Crippen molar-refractivity contribution in [2.24, 2.45) is 4.99 Å². The summed E-state index contributed by atoms with van der Waals surface area (Å²) in [7, 11) is 1.73. The van der Waals surface area contributed by atoms with Crippen LogP contribution in [-0.4, -0.2) is 23.0 Å². The SMILES string of the molecule is Cc1ccc(N=C2S/C(=C/c3ccccc3OCc3ccc(Cl)cc3Cl)C(=O)N2C)cc1. The van der Waals surface area contributed by atoms with E-state index in [9.17, 15) is 4.79 Å². The summed E-state index contributed by atoms with van der Waals surface area (Å²) in [6.45, 7) is 2.31. The van der Waals surface area contributed by atoms with Crippen LogP contribution >= 0.6 is 35.0 Å². The Hall–Kier alpha value is -2.73. The highest BCUT2D eigenvalue weighted by Gasteiger charge is 2.30. The van der Waals surface area contributed by atoms with Crippen LogP contribution in [0.1, 0.15) is 16.7 Å². The number of aryl methyl sites for hydroxylation is 1. The Kier molecular flexibility index (Phi) is 6.89. The lowest BCUT2D eigenvalue weighted by Gasteiger charge is -2.11. The average molecular weight is 483 g/mol. The fourth-order valence-corrected chi connectivity index (χ4v) is 4.49. The van der Waals surface area contributed by atoms with E-state index in [4.69, 9.17) is 27.9 Å². The van der Waals surface area contributed by atoms with Gasteiger partial charge in [-0.05, 0) is 55.1 Å². The first-order valence-electron chi connectivity index (χ1n) is 9.89. The average Bonchev–Trinajstić information content (AvgIpc) is 3.03. The highest BCUT2D eigenvalue weighted by Crippen LogP contribution is 2.35. The number of amidine groups is 1. The van der Waals surface area contributed by atoms with Crippen molar-refractivity contribution in [2.75, 3.05) is 7.05 Å². The molecule has 162 valence electrons. The van der Waals surface area contributed by atoms with Gasteiger partial charge >= 0.3 is 0 Å². The second kappa shape index (κ2) is 9.82. The molecule has 0 bridgehead atoms. The number of rotatable bonds is 5. The smallest absolute Gasteiger partial charge is 0.266 e. The van der Waals surface area contributed by atoms with Crippen molar-refractivity contribution in [3.05, 3.63) is 98.4 Å². The molecule has 4 rings (SSSR count). The molecular formula is C25H20Cl2N2O2S. The molecule has 3 aromatic carbocycles. The van der Waals surface area contributed by atoms with E-state index in [1.807, 2.05) is 67.6 Å². The van der Waals surface area contributed by atoms with E-state index in [1.165, 1.54) is 11.8 Å². The van der Waals surface area contributed by atoms with Crippen LogP contribution in [0.3, 0.4) is 0 Å². The normalized spacial score (nSPS) is 16.2. The third kappa shape index (κ3) is 5.18. The fraction of sp³-hybridized carbons (Fsp3) is 0.120. The topological polar surface area (TPSA) is 41.9 Å². The second-order valence-electron chi connectivity index (χ2n) is 7.27. The van der Waals surface area contributed by atoms with Crippen LogP contribution in [0.25, 0.3) is 6.08 Å². The predicted molar refractivity (Wildman–Crippen MR) is 134 cm³/mol. The molecule has 32 heavy (non-hydrogen) atoms. The van der Waals surface area contributed by atoms with Crippen LogP contribution in [0.2, 0.25) is 10.0 Å². The third-order valence-electron chi connectivity index (χ3n) is 4.87. The number of carbonyl (C=O) groups excluding carboxylic acids is 1. The number of ether oxygens (including phenoxy) is 1. The Bertz CT molecular complexity index is 1220. The number of halogens is 2. The molecule has 1 saturated heterocycles. The van der Waals surface area contributed by atoms with Gasteiger partial charge in [-0.1, -0.05) is 65.2 Å². The molecule has 0 saturated carbocycles. The number of hydrogen-bond donors (Lipinski definition) is 0. The second-order valence-corrected chi connectivity index (χ2v) is 9.12. The monoisotopic (exact) mass is 482 g/mol. The Morgan fingerprint density at radius 3 is 2.56 bits per heavy atom. The Morgan fingerprint density at radius 2 is 1.81 bits per heavy atom. The van der Waals surface area contributed by atoms with E-state index in [-0.39, 0.29) is 12.5 Å². The summed E-state index contributed by atoms with van der Waals surface area (Å²) in [4.78, 5) is 19.6. The predicted octanol–water partition coefficient (Wildman–Crippen LogP) is 7.11. The van der Waals surface area contributed by atoms with Crippen LogP contribution < -0.4 is 4.74 Å². The summed E-state index contributed by atoms with van der Waals surface area (Å²) in [6, 6.07) is 20.8. The molecule has 1 heterocycles. The number of amides is 1. The van der Waals surface area contributed by atoms with Gasteiger partial charge in [-0.3, -0.25) is 9.69 Å². The first-order chi connectivity index (χ1) is 15.4. The van der Waals surface area contributed by atoms with E-state index in [0.29, 0.717) is 25.9 Å². The first-order valence-corrected chi connectivity index (χ1v) is 11.5. The van der Waals surface area contributed by atoms with Gasteiger partial charge in [0, 0.05) is 28.2 Å². The van der Waals surface area contributed by atoms with Gasteiger partial charge in [-0.15, -0.1) is 0 Å². The minimum absolute atomic E-state index is 0.101. The number of thioether (sulfide) groups is 1. The summed E-state index contributed by atoms with van der Waals surface area (Å²) < 4.78 is 6.01. The Labute approximate surface area is 201 Å². The fourth-order valence-electron chi connectivity index (χ4n) is 3.05. The zero-order valence-electron chi connectivity index (χ0n) is 17.5. The molecule has 1 aliphatic heterocycles. The van der Waals surface area contributed by atoms with Crippen molar-refractivity contribution < 1.29 is 9.53 Å². The molecule has 1 aliphatic rings. The lowest BCUT2D eigenvalue weighted by molar-refractivity contribution is -0.121. The van der Waals surface area contributed by atoms with Crippen molar-refractivity contribution >= 4 is 57.8 Å². The molecule has 7 heteroatoms. The maximum Gasteiger partial charge on any atom is 0.266 e. The summed E-state index contributed by atoms with van der Waals surface area (Å²) in [5.74, 6) is 0.558. The van der Waals surface area contributed by atoms with Gasteiger partial charge in [-0.25, -0.2) is 4.99 Å². The minimum Gasteiger partial charge on any atom is -0.488 e. The van der Waals surface area contributed by atoms with Gasteiger partial charge in [0.25, 0.3) is 5.91 Å². The molecule has 3 aromatic rings. The summed E-state index contributed by atoms with van der Waals surface area (Å²) in [6.07, 6.45) is 1.83. The van der Waals surface area contributed by atoms with Gasteiger partial charge in [0.2, 0.25) is 0 Å². The molecule has 0 aliphatic carbocycles. The highest BCUT2D eigenvalue weighted by molar-refractivity contribution is 8.18. The first kappa shape index (κ1) is 22.5. The summed E-state index contributed by atoms with van der Waals surface area (Å²) >= 11 is 13.6. The Morgan fingerprint density at radius 1 is 1.06 bits per heavy atom. The zero-order chi connectivity index (χ0) is 22.7. The molecular weight excluding hydrogens is 463 g/mol. The van der Waals surface area contributed by atoms with Crippen molar-refractivity contribution in [3.8, 4) is 5.75 Å². The molecule has 4 nitrogen and oxygen atoms in total. The highest BCUT2D eigenvalue weighted by atomic mass is 35.5. The largest absolute Gasteiger partial charge is 0.488 e. The Balaban J connectivity index is 1.56. The van der Waals surface area contributed by atoms with Crippen LogP contribution in [0, 0.1) is 6.92 Å². The molecule has 0 N–H and O–H groups in total. The van der Waals surface area contributed by atoms with Gasteiger partial charge in [0.05, 0.1) is 10.6 Å².